The Balaban J connectivity index is -0.0000000200. The minimum absolute atomic E-state index is 0. The molecule has 0 saturated heterocycles. The van der Waals surface area contributed by atoms with Gasteiger partial charge >= 0.3 is 68.9 Å². The van der Waals surface area contributed by atoms with Gasteiger partial charge in [-0.1, -0.05) is 6.08 Å². The minimum Gasteiger partial charge on any atom is -1.00 e. The molecule has 4 heavy (non-hydrogen) atoms. The van der Waals surface area contributed by atoms with E-state index in [1.165, 1.54) is 0 Å². The van der Waals surface area contributed by atoms with Gasteiger partial charge in [0.25, 0.3) is 0 Å². The van der Waals surface area contributed by atoms with Crippen LogP contribution in [-0.2, 0) is 0 Å². The third kappa shape index (κ3) is 9.21. The van der Waals surface area contributed by atoms with Gasteiger partial charge in [-0.05, 0) is 6.92 Å². The Bertz CT molecular complexity index is 14.4. The molecule has 0 saturated carbocycles. The summed E-state index contributed by atoms with van der Waals surface area (Å²) in [6.07, 6.45) is 1.75. The smallest absolute Gasteiger partial charge is 1.00 e. The summed E-state index contributed by atoms with van der Waals surface area (Å²) in [7, 11) is 0. The first-order chi connectivity index (χ1) is 1.41. The molecule has 0 spiro atoms. The fraction of sp³-hybridized carbons (Fsp3) is 0.333. The van der Waals surface area contributed by atoms with E-state index in [4.69, 9.17) is 0 Å². The average molecular weight is 176 g/mol. The molecule has 0 rings (SSSR count). The van der Waals surface area contributed by atoms with Crippen LogP contribution in [0, 0.1) is 0 Å². The molecule has 0 N–H and O–H groups in total. The van der Waals surface area contributed by atoms with Gasteiger partial charge in [0.1, 0.15) is 0 Å². The maximum atomic E-state index is 3.36. The van der Waals surface area contributed by atoms with E-state index >= 15 is 0 Å². The van der Waals surface area contributed by atoms with Crippen molar-refractivity contribution in [3.63, 3.8) is 0 Å². The van der Waals surface area contributed by atoms with Crippen LogP contribution in [0.5, 0.6) is 0 Å². The first-order valence-electron chi connectivity index (χ1n) is 0.986. The molecule has 20 valence electrons. The first-order valence-corrected chi connectivity index (χ1v) is 0.986. The second-order valence-electron chi connectivity index (χ2n) is 0.408. The molecule has 0 nitrogen and oxygen atoms in total. The third-order valence-electron chi connectivity index (χ3n) is 0. The zero-order valence-electron chi connectivity index (χ0n) is 4.28. The summed E-state index contributed by atoms with van der Waals surface area (Å²) in [6, 6.07) is 0. The minimum atomic E-state index is 0. The molecule has 0 aromatic rings. The Morgan fingerprint density at radius 1 is 2.00 bits per heavy atom. The summed E-state index contributed by atoms with van der Waals surface area (Å²) in [5.41, 5.74) is 0. The van der Waals surface area contributed by atoms with Crippen LogP contribution in [0.25, 0.3) is 0 Å². The summed E-state index contributed by atoms with van der Waals surface area (Å²) in [5, 5.41) is 0. The van der Waals surface area contributed by atoms with E-state index in [0.717, 1.165) is 0 Å². The fourth-order valence-corrected chi connectivity index (χ4v) is 0. The molecule has 0 atom stereocenters. The molecule has 0 unspecified atom stereocenters. The van der Waals surface area contributed by atoms with E-state index in [1.54, 1.807) is 6.08 Å². The van der Waals surface area contributed by atoms with Crippen molar-refractivity contribution in [3.05, 3.63) is 12.7 Å². The number of allylic oxidation sites excluding steroid dienone is 1. The van der Waals surface area contributed by atoms with Crippen LogP contribution < -0.4 is 68.9 Å². The summed E-state index contributed by atoms with van der Waals surface area (Å²) < 4.78 is 0. The van der Waals surface area contributed by atoms with Crippen molar-refractivity contribution < 1.29 is 70.3 Å². The summed E-state index contributed by atoms with van der Waals surface area (Å²) >= 11 is 0. The van der Waals surface area contributed by atoms with Gasteiger partial charge in [-0.25, -0.2) is 0 Å². The molecule has 0 aromatic carbocycles. The topological polar surface area (TPSA) is 0 Å². The molecule has 0 fully saturated rings. The van der Waals surface area contributed by atoms with Crippen LogP contribution in [0.3, 0.4) is 0 Å². The molecule has 0 bridgehead atoms. The maximum absolute atomic E-state index is 3.36. The number of hydrogen-bond acceptors (Lipinski definition) is 0. The predicted molar refractivity (Wildman–Crippen MR) is 17.0 cm³/mol. The Morgan fingerprint density at radius 2 is 2.00 bits per heavy atom. The van der Waals surface area contributed by atoms with Crippen LogP contribution in [0.4, 0.5) is 0 Å². The van der Waals surface area contributed by atoms with E-state index in [1.807, 2.05) is 6.92 Å². The summed E-state index contributed by atoms with van der Waals surface area (Å²) in [6.45, 7) is 5.25. The van der Waals surface area contributed by atoms with Gasteiger partial charge in [-0.15, -0.1) is 6.58 Å². The second-order valence-corrected chi connectivity index (χ2v) is 0.408. The normalized spacial score (nSPS) is 3.25. The van der Waals surface area contributed by atoms with E-state index < -0.39 is 0 Å². The van der Waals surface area contributed by atoms with Gasteiger partial charge < -0.3 is 1.43 Å². The molecule has 0 aliphatic carbocycles. The van der Waals surface area contributed by atoms with Crippen LogP contribution in [0.1, 0.15) is 8.35 Å². The molecule has 0 aliphatic heterocycles. The molecule has 0 aliphatic rings. The monoisotopic (exact) mass is 176 g/mol. The van der Waals surface area contributed by atoms with Crippen LogP contribution in [0.2, 0.25) is 0 Å². The van der Waals surface area contributed by atoms with Gasteiger partial charge in [-0.3, -0.25) is 0 Å². The zero-order valence-corrected chi connectivity index (χ0v) is 9.56. The van der Waals surface area contributed by atoms with Crippen LogP contribution in [0.15, 0.2) is 12.7 Å². The van der Waals surface area contributed by atoms with Crippen molar-refractivity contribution in [2.24, 2.45) is 0 Å². The van der Waals surface area contributed by atoms with Gasteiger partial charge in [0, 0.05) is 0 Å². The van der Waals surface area contributed by atoms with Crippen LogP contribution in [-0.4, -0.2) is 0 Å². The number of rotatable bonds is 0. The standard InChI is InChI=1S/C3H6.Cs.H/c1-3-2;;/h3H,1H2,2H3;;/q;+1;-1. The Morgan fingerprint density at radius 3 is 2.00 bits per heavy atom. The third-order valence-corrected chi connectivity index (χ3v) is 0. The molecule has 0 amide bonds. The van der Waals surface area contributed by atoms with Gasteiger partial charge in [-0.2, -0.15) is 0 Å². The quantitative estimate of drug-likeness (QED) is 0.386. The van der Waals surface area contributed by atoms with E-state index in [0.29, 0.717) is 0 Å². The first kappa shape index (κ1) is 9.25. The van der Waals surface area contributed by atoms with E-state index in [2.05, 4.69) is 6.58 Å². The molecular formula is C3H7Cs. The summed E-state index contributed by atoms with van der Waals surface area (Å²) in [5.74, 6) is 0. The second kappa shape index (κ2) is 8.84. The van der Waals surface area contributed by atoms with Crippen molar-refractivity contribution in [1.82, 2.24) is 0 Å². The van der Waals surface area contributed by atoms with Crippen LogP contribution >= 0.6 is 0 Å². The fourth-order valence-electron chi connectivity index (χ4n) is 0. The zero-order chi connectivity index (χ0) is 2.71. The van der Waals surface area contributed by atoms with E-state index in [9.17, 15) is 0 Å². The molecule has 1 heteroatoms. The Hall–Kier alpha value is 1.79. The molecule has 0 radical (unpaired) electrons. The van der Waals surface area contributed by atoms with Crippen molar-refractivity contribution in [3.8, 4) is 0 Å². The molecule has 0 aromatic heterocycles. The Kier molecular flexibility index (Phi) is 20.4. The SMILES string of the molecule is C=CC.[Cs+].[H-]. The predicted octanol–water partition coefficient (Wildman–Crippen LogP) is -1.69. The molecular weight excluding hydrogens is 169 g/mol. The van der Waals surface area contributed by atoms with Crippen molar-refractivity contribution in [2.75, 3.05) is 0 Å². The summed E-state index contributed by atoms with van der Waals surface area (Å²) in [4.78, 5) is 0. The van der Waals surface area contributed by atoms with Crippen molar-refractivity contribution in [1.29, 1.82) is 0 Å². The maximum Gasteiger partial charge on any atom is 1.00 e. The van der Waals surface area contributed by atoms with Crippen molar-refractivity contribution in [2.45, 2.75) is 6.92 Å². The van der Waals surface area contributed by atoms with Gasteiger partial charge in [0.05, 0.1) is 0 Å². The molecule has 0 heterocycles. The average Bonchev–Trinajstić information content (AvgIpc) is 0.918. The van der Waals surface area contributed by atoms with E-state index in [-0.39, 0.29) is 70.3 Å². The largest absolute Gasteiger partial charge is 1.00 e. The number of hydrogen-bond donors (Lipinski definition) is 0. The van der Waals surface area contributed by atoms with Gasteiger partial charge in [0.2, 0.25) is 0 Å². The Labute approximate surface area is 87.6 Å². The van der Waals surface area contributed by atoms with Crippen molar-refractivity contribution >= 4 is 0 Å². The van der Waals surface area contributed by atoms with Gasteiger partial charge in [0.15, 0.2) is 0 Å².